The summed E-state index contributed by atoms with van der Waals surface area (Å²) in [6.07, 6.45) is 1.77. The lowest BCUT2D eigenvalue weighted by atomic mass is 10.0. The van der Waals surface area contributed by atoms with Crippen molar-refractivity contribution in [2.24, 2.45) is 0 Å². The quantitative estimate of drug-likeness (QED) is 0.550. The first-order valence-electron chi connectivity index (χ1n) is 5.69. The van der Waals surface area contributed by atoms with Crippen molar-refractivity contribution in [2.75, 3.05) is 0 Å². The van der Waals surface area contributed by atoms with Crippen LogP contribution in [0.25, 0.3) is 33.1 Å². The van der Waals surface area contributed by atoms with Gasteiger partial charge >= 0.3 is 0 Å². The predicted molar refractivity (Wildman–Crippen MR) is 69.1 cm³/mol. The molecule has 0 saturated heterocycles. The molecule has 0 fully saturated rings. The highest BCUT2D eigenvalue weighted by molar-refractivity contribution is 6.01. The molecule has 0 amide bonds. The van der Waals surface area contributed by atoms with Gasteiger partial charge in [0.2, 0.25) is 0 Å². The highest BCUT2D eigenvalue weighted by Crippen LogP contribution is 2.33. The zero-order chi connectivity index (χ0) is 11.9. The van der Waals surface area contributed by atoms with Gasteiger partial charge < -0.3 is 4.42 Å². The molecule has 1 N–H and O–H groups in total. The number of hydrogen-bond donors (Lipinski definition) is 1. The maximum atomic E-state index is 5.57. The number of furan rings is 1. The number of hydrogen-bond acceptors (Lipinski definition) is 3. The van der Waals surface area contributed by atoms with Crippen molar-refractivity contribution in [2.45, 2.75) is 0 Å². The summed E-state index contributed by atoms with van der Waals surface area (Å²) in [5.41, 5.74) is 4.69. The van der Waals surface area contributed by atoms with E-state index in [9.17, 15) is 0 Å². The molecule has 0 unspecified atom stereocenters. The third-order valence-corrected chi connectivity index (χ3v) is 3.12. The number of para-hydroxylation sites is 2. The zero-order valence-electron chi connectivity index (χ0n) is 9.42. The van der Waals surface area contributed by atoms with E-state index in [1.807, 2.05) is 42.5 Å². The van der Waals surface area contributed by atoms with Crippen molar-refractivity contribution in [3.05, 3.63) is 48.7 Å². The van der Waals surface area contributed by atoms with Crippen LogP contribution in [0.4, 0.5) is 0 Å². The van der Waals surface area contributed by atoms with Crippen LogP contribution in [-0.4, -0.2) is 15.4 Å². The third kappa shape index (κ3) is 1.20. The van der Waals surface area contributed by atoms with Gasteiger partial charge in [-0.25, -0.2) is 0 Å². The molecule has 4 nitrogen and oxygen atoms in total. The second-order valence-electron chi connectivity index (χ2n) is 4.14. The molecule has 18 heavy (non-hydrogen) atoms. The van der Waals surface area contributed by atoms with E-state index in [2.05, 4.69) is 15.4 Å². The monoisotopic (exact) mass is 235 g/mol. The van der Waals surface area contributed by atoms with Crippen LogP contribution in [0.1, 0.15) is 0 Å². The van der Waals surface area contributed by atoms with Gasteiger partial charge in [0, 0.05) is 16.5 Å². The zero-order valence-corrected chi connectivity index (χ0v) is 9.42. The van der Waals surface area contributed by atoms with E-state index >= 15 is 0 Å². The Labute approximate surface area is 102 Å². The van der Waals surface area contributed by atoms with Gasteiger partial charge in [0.05, 0.1) is 6.26 Å². The minimum Gasteiger partial charge on any atom is -0.464 e. The van der Waals surface area contributed by atoms with Crippen LogP contribution >= 0.6 is 0 Å². The van der Waals surface area contributed by atoms with E-state index < -0.39 is 0 Å². The highest BCUT2D eigenvalue weighted by atomic mass is 16.3. The summed E-state index contributed by atoms with van der Waals surface area (Å²) in [5, 5.41) is 12.1. The average molecular weight is 235 g/mol. The molecule has 2 aromatic heterocycles. The van der Waals surface area contributed by atoms with Crippen molar-refractivity contribution in [1.82, 2.24) is 15.4 Å². The van der Waals surface area contributed by atoms with Crippen LogP contribution in [0.3, 0.4) is 0 Å². The molecule has 0 radical (unpaired) electrons. The molecule has 0 saturated carbocycles. The molecule has 2 aromatic carbocycles. The van der Waals surface area contributed by atoms with E-state index in [1.54, 1.807) is 6.26 Å². The van der Waals surface area contributed by atoms with Gasteiger partial charge in [-0.1, -0.05) is 30.3 Å². The van der Waals surface area contributed by atoms with Crippen LogP contribution < -0.4 is 0 Å². The van der Waals surface area contributed by atoms with Crippen LogP contribution in [-0.2, 0) is 0 Å². The Bertz CT molecular complexity index is 844. The first-order valence-corrected chi connectivity index (χ1v) is 5.69. The van der Waals surface area contributed by atoms with E-state index in [4.69, 9.17) is 4.42 Å². The molecule has 0 aliphatic rings. The minimum atomic E-state index is 0.859. The molecule has 2 heterocycles. The molecule has 4 rings (SSSR count). The number of fused-ring (bicyclic) bond motifs is 2. The largest absolute Gasteiger partial charge is 0.464 e. The first kappa shape index (κ1) is 9.41. The van der Waals surface area contributed by atoms with E-state index in [1.165, 1.54) is 0 Å². The molecular formula is C14H9N3O. The first-order chi connectivity index (χ1) is 8.93. The summed E-state index contributed by atoms with van der Waals surface area (Å²) in [7, 11) is 0. The van der Waals surface area contributed by atoms with Crippen molar-refractivity contribution >= 4 is 22.0 Å². The Morgan fingerprint density at radius 1 is 0.889 bits per heavy atom. The fourth-order valence-electron chi connectivity index (χ4n) is 2.27. The minimum absolute atomic E-state index is 0.859. The van der Waals surface area contributed by atoms with Crippen molar-refractivity contribution in [3.63, 3.8) is 0 Å². The molecule has 0 aliphatic heterocycles. The molecule has 0 bridgehead atoms. The highest BCUT2D eigenvalue weighted by Gasteiger charge is 2.12. The van der Waals surface area contributed by atoms with E-state index in [-0.39, 0.29) is 0 Å². The average Bonchev–Trinajstić information content (AvgIpc) is 3.05. The Hall–Kier alpha value is -2.62. The molecule has 4 aromatic rings. The van der Waals surface area contributed by atoms with Gasteiger partial charge in [-0.2, -0.15) is 15.4 Å². The van der Waals surface area contributed by atoms with E-state index in [0.717, 1.165) is 33.1 Å². The molecule has 86 valence electrons. The predicted octanol–water partition coefficient (Wildman–Crippen LogP) is 3.37. The fourth-order valence-corrected chi connectivity index (χ4v) is 2.27. The Balaban J connectivity index is 2.10. The number of aromatic nitrogens is 3. The maximum Gasteiger partial charge on any atom is 0.134 e. The van der Waals surface area contributed by atoms with Crippen LogP contribution in [0.15, 0.2) is 53.1 Å². The summed E-state index contributed by atoms with van der Waals surface area (Å²) in [6, 6.07) is 13.9. The number of aromatic amines is 1. The summed E-state index contributed by atoms with van der Waals surface area (Å²) in [5.74, 6) is 0. The Morgan fingerprint density at radius 2 is 1.83 bits per heavy atom. The smallest absolute Gasteiger partial charge is 0.134 e. The second-order valence-corrected chi connectivity index (χ2v) is 4.14. The number of H-pyrrole nitrogens is 1. The molecule has 0 atom stereocenters. The van der Waals surface area contributed by atoms with Crippen molar-refractivity contribution < 1.29 is 4.42 Å². The lowest BCUT2D eigenvalue weighted by Crippen LogP contribution is -1.79. The second kappa shape index (κ2) is 3.43. The summed E-state index contributed by atoms with van der Waals surface area (Å²) in [4.78, 5) is 0. The van der Waals surface area contributed by atoms with Crippen molar-refractivity contribution in [3.8, 4) is 11.1 Å². The summed E-state index contributed by atoms with van der Waals surface area (Å²) < 4.78 is 5.57. The van der Waals surface area contributed by atoms with Gasteiger partial charge in [-0.05, 0) is 12.1 Å². The van der Waals surface area contributed by atoms with Gasteiger partial charge in [-0.15, -0.1) is 0 Å². The molecular weight excluding hydrogens is 226 g/mol. The van der Waals surface area contributed by atoms with Gasteiger partial charge in [0.15, 0.2) is 0 Å². The number of benzene rings is 2. The van der Waals surface area contributed by atoms with Crippen LogP contribution in [0, 0.1) is 0 Å². The standard InChI is InChI=1S/C14H9N3O/c1-2-7-13-9(4-1)11(8-18-13)10-5-3-6-12-14(10)16-17-15-12/h1-8H,(H,15,16,17). The molecule has 4 heteroatoms. The summed E-state index contributed by atoms with van der Waals surface area (Å²) in [6.45, 7) is 0. The number of nitrogens with one attached hydrogen (secondary N) is 1. The van der Waals surface area contributed by atoms with E-state index in [0.29, 0.717) is 0 Å². The lowest BCUT2D eigenvalue weighted by Gasteiger charge is -1.98. The molecule has 0 aliphatic carbocycles. The lowest BCUT2D eigenvalue weighted by molar-refractivity contribution is 0.617. The van der Waals surface area contributed by atoms with Crippen LogP contribution in [0.5, 0.6) is 0 Å². The van der Waals surface area contributed by atoms with Crippen molar-refractivity contribution in [1.29, 1.82) is 0 Å². The SMILES string of the molecule is c1cc(-c2coc3ccccc23)c2n[nH]nc2c1. The maximum absolute atomic E-state index is 5.57. The molecule has 0 spiro atoms. The number of nitrogens with zero attached hydrogens (tertiary/aromatic N) is 2. The van der Waals surface area contributed by atoms with Gasteiger partial charge in [-0.3, -0.25) is 0 Å². The number of rotatable bonds is 1. The Morgan fingerprint density at radius 3 is 2.83 bits per heavy atom. The van der Waals surface area contributed by atoms with Gasteiger partial charge in [0.1, 0.15) is 16.6 Å². The fraction of sp³-hybridized carbons (Fsp3) is 0. The Kier molecular flexibility index (Phi) is 1.80. The topological polar surface area (TPSA) is 54.7 Å². The summed E-state index contributed by atoms with van der Waals surface area (Å²) >= 11 is 0. The normalized spacial score (nSPS) is 11.3. The van der Waals surface area contributed by atoms with Gasteiger partial charge in [0.25, 0.3) is 0 Å². The van der Waals surface area contributed by atoms with Crippen LogP contribution in [0.2, 0.25) is 0 Å². The third-order valence-electron chi connectivity index (χ3n) is 3.12.